The molecule has 0 saturated carbocycles. The number of para-hydroxylation sites is 1. The quantitative estimate of drug-likeness (QED) is 0.705. The number of aryl methyl sites for hydroxylation is 1. The number of piperazine rings is 1. The number of nitrogens with one attached hydrogen (secondary N) is 1. The molecule has 1 unspecified atom stereocenters. The molecule has 2 heterocycles. The third-order valence-corrected chi connectivity index (χ3v) is 3.74. The lowest BCUT2D eigenvalue weighted by atomic mass is 10.0. The zero-order chi connectivity index (χ0) is 11.1. The van der Waals surface area contributed by atoms with E-state index in [1.54, 1.807) is 0 Å². The fourth-order valence-corrected chi connectivity index (χ4v) is 3.02. The molecule has 1 saturated heterocycles. The van der Waals surface area contributed by atoms with Crippen LogP contribution in [0.25, 0.3) is 0 Å². The number of benzene rings is 1. The van der Waals surface area contributed by atoms with Crippen LogP contribution in [-0.4, -0.2) is 39.3 Å². The van der Waals surface area contributed by atoms with Crippen molar-refractivity contribution in [1.82, 2.24) is 5.32 Å². The van der Waals surface area contributed by atoms with Crippen LogP contribution in [0.4, 0.5) is 11.4 Å². The molecule has 86 valence electrons. The SMILES string of the molecule is Cc1cccc2c1N(C)CC1CNCCN21. The van der Waals surface area contributed by atoms with Gasteiger partial charge >= 0.3 is 0 Å². The van der Waals surface area contributed by atoms with Crippen LogP contribution in [0, 0.1) is 6.92 Å². The third kappa shape index (κ3) is 1.39. The Balaban J connectivity index is 2.08. The number of hydrogen-bond acceptors (Lipinski definition) is 3. The minimum Gasteiger partial charge on any atom is -0.371 e. The smallest absolute Gasteiger partial charge is 0.0632 e. The van der Waals surface area contributed by atoms with E-state index in [-0.39, 0.29) is 0 Å². The van der Waals surface area contributed by atoms with Gasteiger partial charge in [0.1, 0.15) is 0 Å². The Hall–Kier alpha value is -1.22. The average molecular weight is 217 g/mol. The van der Waals surface area contributed by atoms with Gasteiger partial charge in [-0.3, -0.25) is 0 Å². The number of rotatable bonds is 0. The fraction of sp³-hybridized carbons (Fsp3) is 0.538. The Morgan fingerprint density at radius 2 is 2.25 bits per heavy atom. The Kier molecular flexibility index (Phi) is 2.28. The summed E-state index contributed by atoms with van der Waals surface area (Å²) in [7, 11) is 2.21. The van der Waals surface area contributed by atoms with E-state index in [1.807, 2.05) is 0 Å². The van der Waals surface area contributed by atoms with Gasteiger partial charge in [0, 0.05) is 33.2 Å². The van der Waals surface area contributed by atoms with Crippen LogP contribution in [0.5, 0.6) is 0 Å². The predicted molar refractivity (Wildman–Crippen MR) is 68.5 cm³/mol. The van der Waals surface area contributed by atoms with Crippen molar-refractivity contribution in [1.29, 1.82) is 0 Å². The molecule has 2 aliphatic rings. The Labute approximate surface area is 97.0 Å². The zero-order valence-electron chi connectivity index (χ0n) is 10.0. The van der Waals surface area contributed by atoms with Crippen molar-refractivity contribution in [2.45, 2.75) is 13.0 Å². The first-order valence-corrected chi connectivity index (χ1v) is 6.05. The summed E-state index contributed by atoms with van der Waals surface area (Å²) in [6.07, 6.45) is 0. The molecule has 1 aromatic carbocycles. The Morgan fingerprint density at radius 1 is 1.38 bits per heavy atom. The summed E-state index contributed by atoms with van der Waals surface area (Å²) in [6.45, 7) is 6.68. The lowest BCUT2D eigenvalue weighted by molar-refractivity contribution is 0.465. The molecule has 0 aromatic heterocycles. The number of likely N-dealkylation sites (N-methyl/N-ethyl adjacent to an activating group) is 1. The summed E-state index contributed by atoms with van der Waals surface area (Å²) in [5, 5.41) is 3.48. The van der Waals surface area contributed by atoms with Crippen LogP contribution in [0.15, 0.2) is 18.2 Å². The first kappa shape index (κ1) is 9.97. The summed E-state index contributed by atoms with van der Waals surface area (Å²) in [6, 6.07) is 7.27. The van der Waals surface area contributed by atoms with E-state index in [1.165, 1.54) is 16.9 Å². The molecule has 3 heteroatoms. The monoisotopic (exact) mass is 217 g/mol. The molecule has 0 aliphatic carbocycles. The maximum absolute atomic E-state index is 3.48. The van der Waals surface area contributed by atoms with E-state index in [9.17, 15) is 0 Å². The predicted octanol–water partition coefficient (Wildman–Crippen LogP) is 1.22. The van der Waals surface area contributed by atoms with Crippen molar-refractivity contribution in [2.75, 3.05) is 43.0 Å². The van der Waals surface area contributed by atoms with Crippen molar-refractivity contribution in [2.24, 2.45) is 0 Å². The molecular formula is C13H19N3. The summed E-state index contributed by atoms with van der Waals surface area (Å²) >= 11 is 0. The molecule has 2 aliphatic heterocycles. The highest BCUT2D eigenvalue weighted by Crippen LogP contribution is 2.37. The van der Waals surface area contributed by atoms with Gasteiger partial charge < -0.3 is 15.1 Å². The lowest BCUT2D eigenvalue weighted by Crippen LogP contribution is -2.58. The standard InChI is InChI=1S/C13H19N3/c1-10-4-3-5-12-13(10)15(2)9-11-8-14-6-7-16(11)12/h3-5,11,14H,6-9H2,1-2H3. The van der Waals surface area contributed by atoms with Gasteiger partial charge in [-0.1, -0.05) is 12.1 Å². The van der Waals surface area contributed by atoms with Gasteiger partial charge in [-0.2, -0.15) is 0 Å². The average Bonchev–Trinajstić information content (AvgIpc) is 2.29. The normalized spacial score (nSPS) is 24.0. The highest BCUT2D eigenvalue weighted by molar-refractivity contribution is 5.77. The molecule has 1 aromatic rings. The van der Waals surface area contributed by atoms with Crippen LogP contribution < -0.4 is 15.1 Å². The summed E-state index contributed by atoms with van der Waals surface area (Å²) in [5.41, 5.74) is 4.22. The van der Waals surface area contributed by atoms with Gasteiger partial charge in [-0.05, 0) is 18.6 Å². The number of anilines is 2. The van der Waals surface area contributed by atoms with Crippen LogP contribution >= 0.6 is 0 Å². The molecule has 1 fully saturated rings. The number of hydrogen-bond donors (Lipinski definition) is 1. The van der Waals surface area contributed by atoms with Gasteiger partial charge in [-0.15, -0.1) is 0 Å². The highest BCUT2D eigenvalue weighted by atomic mass is 15.3. The Morgan fingerprint density at radius 3 is 3.12 bits per heavy atom. The topological polar surface area (TPSA) is 18.5 Å². The minimum absolute atomic E-state index is 0.632. The molecule has 1 N–H and O–H groups in total. The van der Waals surface area contributed by atoms with Crippen molar-refractivity contribution in [3.63, 3.8) is 0 Å². The molecule has 1 atom stereocenters. The number of fused-ring (bicyclic) bond motifs is 3. The van der Waals surface area contributed by atoms with Gasteiger partial charge in [0.2, 0.25) is 0 Å². The maximum Gasteiger partial charge on any atom is 0.0632 e. The molecule has 16 heavy (non-hydrogen) atoms. The molecule has 0 amide bonds. The molecule has 0 radical (unpaired) electrons. The van der Waals surface area contributed by atoms with Crippen LogP contribution in [0.2, 0.25) is 0 Å². The molecular weight excluding hydrogens is 198 g/mol. The van der Waals surface area contributed by atoms with E-state index in [4.69, 9.17) is 0 Å². The summed E-state index contributed by atoms with van der Waals surface area (Å²) in [4.78, 5) is 4.97. The maximum atomic E-state index is 3.48. The van der Waals surface area contributed by atoms with E-state index in [2.05, 4.69) is 47.3 Å². The van der Waals surface area contributed by atoms with Gasteiger partial charge in [0.25, 0.3) is 0 Å². The summed E-state index contributed by atoms with van der Waals surface area (Å²) < 4.78 is 0. The van der Waals surface area contributed by atoms with Crippen molar-refractivity contribution >= 4 is 11.4 Å². The van der Waals surface area contributed by atoms with Crippen molar-refractivity contribution in [3.05, 3.63) is 23.8 Å². The fourth-order valence-electron chi connectivity index (χ4n) is 3.02. The van der Waals surface area contributed by atoms with Crippen LogP contribution in [0.3, 0.4) is 0 Å². The van der Waals surface area contributed by atoms with E-state index >= 15 is 0 Å². The number of nitrogens with zero attached hydrogens (tertiary/aromatic N) is 2. The van der Waals surface area contributed by atoms with E-state index in [0.717, 1.165) is 26.2 Å². The zero-order valence-corrected chi connectivity index (χ0v) is 10.0. The third-order valence-electron chi connectivity index (χ3n) is 3.74. The Bertz CT molecular complexity index is 402. The lowest BCUT2D eigenvalue weighted by Gasteiger charge is -2.46. The first-order valence-electron chi connectivity index (χ1n) is 6.05. The van der Waals surface area contributed by atoms with Crippen molar-refractivity contribution < 1.29 is 0 Å². The van der Waals surface area contributed by atoms with Gasteiger partial charge in [-0.25, -0.2) is 0 Å². The second-order valence-corrected chi connectivity index (χ2v) is 4.87. The van der Waals surface area contributed by atoms with Gasteiger partial charge in [0.05, 0.1) is 17.4 Å². The summed E-state index contributed by atoms with van der Waals surface area (Å²) in [5.74, 6) is 0. The highest BCUT2D eigenvalue weighted by Gasteiger charge is 2.31. The molecule has 0 spiro atoms. The minimum atomic E-state index is 0.632. The van der Waals surface area contributed by atoms with E-state index < -0.39 is 0 Å². The van der Waals surface area contributed by atoms with E-state index in [0.29, 0.717) is 6.04 Å². The molecule has 0 bridgehead atoms. The molecule has 3 nitrogen and oxygen atoms in total. The first-order chi connectivity index (χ1) is 7.77. The second-order valence-electron chi connectivity index (χ2n) is 4.87. The van der Waals surface area contributed by atoms with Crippen molar-refractivity contribution in [3.8, 4) is 0 Å². The van der Waals surface area contributed by atoms with Crippen LogP contribution in [0.1, 0.15) is 5.56 Å². The largest absolute Gasteiger partial charge is 0.371 e. The van der Waals surface area contributed by atoms with Gasteiger partial charge in [0.15, 0.2) is 0 Å². The molecule has 3 rings (SSSR count). The van der Waals surface area contributed by atoms with Crippen LogP contribution in [-0.2, 0) is 0 Å². The second kappa shape index (κ2) is 3.67.